The molecule has 0 aliphatic rings. The highest BCUT2D eigenvalue weighted by Crippen LogP contribution is 2.29. The molecule has 0 aliphatic carbocycles. The van der Waals surface area contributed by atoms with Gasteiger partial charge in [-0.15, -0.1) is 0 Å². The quantitative estimate of drug-likeness (QED) is 0.703. The van der Waals surface area contributed by atoms with Gasteiger partial charge in [-0.3, -0.25) is 4.79 Å². The Labute approximate surface area is 87.8 Å². The largest absolute Gasteiger partial charge is 0.493 e. The lowest BCUT2D eigenvalue weighted by molar-refractivity contribution is 0.111. The number of methoxy groups -OCH3 is 1. The minimum atomic E-state index is -0.606. The van der Waals surface area contributed by atoms with Crippen LogP contribution in [-0.4, -0.2) is 20.0 Å². The number of hydrogen-bond donors (Lipinski definition) is 0. The van der Waals surface area contributed by atoms with Gasteiger partial charge in [-0.25, -0.2) is 4.39 Å². The highest BCUT2D eigenvalue weighted by atomic mass is 19.1. The summed E-state index contributed by atoms with van der Waals surface area (Å²) in [6.07, 6.45) is 1.28. The third-order valence-electron chi connectivity index (χ3n) is 1.87. The van der Waals surface area contributed by atoms with Crippen LogP contribution in [0, 0.1) is 5.82 Å². The van der Waals surface area contributed by atoms with Crippen LogP contribution in [-0.2, 0) is 0 Å². The first kappa shape index (κ1) is 11.5. The number of halogens is 1. The maximum atomic E-state index is 13.2. The molecule has 0 fully saturated rings. The molecule has 0 saturated heterocycles. The summed E-state index contributed by atoms with van der Waals surface area (Å²) < 4.78 is 23.4. The second-order valence-electron chi connectivity index (χ2n) is 2.99. The summed E-state index contributed by atoms with van der Waals surface area (Å²) in [5, 5.41) is 0. The van der Waals surface area contributed by atoms with Gasteiger partial charge in [0.2, 0.25) is 0 Å². The van der Waals surface area contributed by atoms with Crippen LogP contribution in [0.5, 0.6) is 11.5 Å². The van der Waals surface area contributed by atoms with Crippen molar-refractivity contribution in [3.63, 3.8) is 0 Å². The molecular formula is C11H13FO3. The number of benzene rings is 1. The predicted octanol–water partition coefficient (Wildman–Crippen LogP) is 2.44. The molecule has 0 aliphatic heterocycles. The molecule has 82 valence electrons. The molecule has 3 nitrogen and oxygen atoms in total. The maximum Gasteiger partial charge on any atom is 0.163 e. The van der Waals surface area contributed by atoms with E-state index in [0.29, 0.717) is 24.4 Å². The summed E-state index contributed by atoms with van der Waals surface area (Å²) >= 11 is 0. The SMILES string of the molecule is CCCOc1cc(C=O)c(F)cc1OC. The van der Waals surface area contributed by atoms with E-state index >= 15 is 0 Å². The Morgan fingerprint density at radius 3 is 2.67 bits per heavy atom. The van der Waals surface area contributed by atoms with Crippen molar-refractivity contribution < 1.29 is 18.7 Å². The van der Waals surface area contributed by atoms with Gasteiger partial charge >= 0.3 is 0 Å². The first-order valence-electron chi connectivity index (χ1n) is 4.68. The maximum absolute atomic E-state index is 13.2. The molecule has 0 heterocycles. The second-order valence-corrected chi connectivity index (χ2v) is 2.99. The fourth-order valence-corrected chi connectivity index (χ4v) is 1.13. The molecule has 0 aromatic heterocycles. The first-order chi connectivity index (χ1) is 7.22. The zero-order chi connectivity index (χ0) is 11.3. The first-order valence-corrected chi connectivity index (χ1v) is 4.68. The van der Waals surface area contributed by atoms with Gasteiger partial charge in [-0.1, -0.05) is 6.92 Å². The van der Waals surface area contributed by atoms with Gasteiger partial charge < -0.3 is 9.47 Å². The summed E-state index contributed by atoms with van der Waals surface area (Å²) in [4.78, 5) is 10.5. The molecule has 1 aromatic carbocycles. The van der Waals surface area contributed by atoms with E-state index in [1.807, 2.05) is 6.92 Å². The minimum Gasteiger partial charge on any atom is -0.493 e. The Morgan fingerprint density at radius 2 is 2.13 bits per heavy atom. The summed E-state index contributed by atoms with van der Waals surface area (Å²) in [6.45, 7) is 2.46. The summed E-state index contributed by atoms with van der Waals surface area (Å²) in [6, 6.07) is 2.49. The molecule has 15 heavy (non-hydrogen) atoms. The number of carbonyl (C=O) groups excluding carboxylic acids is 1. The summed E-state index contributed by atoms with van der Waals surface area (Å²) in [5.41, 5.74) is -0.0260. The van der Waals surface area contributed by atoms with Crippen LogP contribution in [0.3, 0.4) is 0 Å². The van der Waals surface area contributed by atoms with Gasteiger partial charge in [0.15, 0.2) is 17.8 Å². The van der Waals surface area contributed by atoms with Crippen LogP contribution in [0.2, 0.25) is 0 Å². The average Bonchev–Trinajstić information content (AvgIpc) is 2.26. The van der Waals surface area contributed by atoms with Gasteiger partial charge in [-0.05, 0) is 12.5 Å². The van der Waals surface area contributed by atoms with Crippen LogP contribution in [0.15, 0.2) is 12.1 Å². The van der Waals surface area contributed by atoms with E-state index in [2.05, 4.69) is 0 Å². The van der Waals surface area contributed by atoms with Crippen LogP contribution in [0.4, 0.5) is 4.39 Å². The van der Waals surface area contributed by atoms with Gasteiger partial charge in [0.05, 0.1) is 19.3 Å². The Balaban J connectivity index is 3.04. The van der Waals surface area contributed by atoms with Gasteiger partial charge in [0, 0.05) is 6.07 Å². The second kappa shape index (κ2) is 5.34. The summed E-state index contributed by atoms with van der Waals surface area (Å²) in [7, 11) is 1.42. The van der Waals surface area contributed by atoms with E-state index in [1.165, 1.54) is 13.2 Å². The van der Waals surface area contributed by atoms with Crippen LogP contribution in [0.1, 0.15) is 23.7 Å². The van der Waals surface area contributed by atoms with Crippen molar-refractivity contribution in [1.29, 1.82) is 0 Å². The fraction of sp³-hybridized carbons (Fsp3) is 0.364. The summed E-state index contributed by atoms with van der Waals surface area (Å²) in [5.74, 6) is 0.0834. The average molecular weight is 212 g/mol. The molecule has 0 atom stereocenters. The molecule has 0 N–H and O–H groups in total. The molecule has 0 unspecified atom stereocenters. The lowest BCUT2D eigenvalue weighted by Crippen LogP contribution is -2.00. The third kappa shape index (κ3) is 2.68. The van der Waals surface area contributed by atoms with Crippen molar-refractivity contribution >= 4 is 6.29 Å². The normalized spacial score (nSPS) is 9.80. The number of hydrogen-bond acceptors (Lipinski definition) is 3. The van der Waals surface area contributed by atoms with E-state index in [-0.39, 0.29) is 5.56 Å². The number of rotatable bonds is 5. The van der Waals surface area contributed by atoms with Crippen molar-refractivity contribution in [2.45, 2.75) is 13.3 Å². The Kier molecular flexibility index (Phi) is 4.09. The fourth-order valence-electron chi connectivity index (χ4n) is 1.13. The lowest BCUT2D eigenvalue weighted by Gasteiger charge is -2.10. The van der Waals surface area contributed by atoms with E-state index in [0.717, 1.165) is 12.5 Å². The molecule has 0 bridgehead atoms. The van der Waals surface area contributed by atoms with E-state index in [9.17, 15) is 9.18 Å². The van der Waals surface area contributed by atoms with Gasteiger partial charge in [0.25, 0.3) is 0 Å². The van der Waals surface area contributed by atoms with Gasteiger partial charge in [0.1, 0.15) is 5.82 Å². The van der Waals surface area contributed by atoms with E-state index in [4.69, 9.17) is 9.47 Å². The molecule has 1 aromatic rings. The van der Waals surface area contributed by atoms with Crippen LogP contribution in [0.25, 0.3) is 0 Å². The Morgan fingerprint density at radius 1 is 1.40 bits per heavy atom. The zero-order valence-electron chi connectivity index (χ0n) is 8.75. The zero-order valence-corrected chi connectivity index (χ0v) is 8.75. The topological polar surface area (TPSA) is 35.5 Å². The molecule has 0 spiro atoms. The van der Waals surface area contributed by atoms with Crippen LogP contribution < -0.4 is 9.47 Å². The van der Waals surface area contributed by atoms with Crippen molar-refractivity contribution in [2.24, 2.45) is 0 Å². The Hall–Kier alpha value is -1.58. The van der Waals surface area contributed by atoms with Crippen molar-refractivity contribution in [3.05, 3.63) is 23.5 Å². The van der Waals surface area contributed by atoms with Crippen molar-refractivity contribution in [3.8, 4) is 11.5 Å². The molecular weight excluding hydrogens is 199 g/mol. The lowest BCUT2D eigenvalue weighted by atomic mass is 10.2. The van der Waals surface area contributed by atoms with Crippen molar-refractivity contribution in [1.82, 2.24) is 0 Å². The predicted molar refractivity (Wildman–Crippen MR) is 54.1 cm³/mol. The van der Waals surface area contributed by atoms with Crippen molar-refractivity contribution in [2.75, 3.05) is 13.7 Å². The highest BCUT2D eigenvalue weighted by Gasteiger charge is 2.10. The third-order valence-corrected chi connectivity index (χ3v) is 1.87. The van der Waals surface area contributed by atoms with Gasteiger partial charge in [-0.2, -0.15) is 0 Å². The monoisotopic (exact) mass is 212 g/mol. The standard InChI is InChI=1S/C11H13FO3/c1-3-4-15-11-5-8(7-13)9(12)6-10(11)14-2/h5-7H,3-4H2,1-2H3. The van der Waals surface area contributed by atoms with E-state index in [1.54, 1.807) is 0 Å². The highest BCUT2D eigenvalue weighted by molar-refractivity contribution is 5.76. The number of aldehydes is 1. The van der Waals surface area contributed by atoms with E-state index < -0.39 is 5.82 Å². The van der Waals surface area contributed by atoms with Crippen LogP contribution >= 0.6 is 0 Å². The number of carbonyl (C=O) groups is 1. The Bertz CT molecular complexity index is 350. The molecule has 1 rings (SSSR count). The molecule has 0 radical (unpaired) electrons. The minimum absolute atomic E-state index is 0.0260. The molecule has 0 saturated carbocycles. The molecule has 0 amide bonds. The number of ether oxygens (including phenoxy) is 2. The smallest absolute Gasteiger partial charge is 0.163 e. The molecule has 4 heteroatoms.